The van der Waals surface area contributed by atoms with Gasteiger partial charge in [0.2, 0.25) is 0 Å². The van der Waals surface area contributed by atoms with Gasteiger partial charge in [0.15, 0.2) is 0 Å². The highest BCUT2D eigenvalue weighted by Gasteiger charge is 2.29. The summed E-state index contributed by atoms with van der Waals surface area (Å²) in [4.78, 5) is 32.0. The van der Waals surface area contributed by atoms with E-state index in [0.29, 0.717) is 25.2 Å². The van der Waals surface area contributed by atoms with E-state index in [1.54, 1.807) is 4.90 Å². The Morgan fingerprint density at radius 3 is 2.43 bits per heavy atom. The minimum Gasteiger partial charge on any atom is -0.383 e. The van der Waals surface area contributed by atoms with Gasteiger partial charge in [0, 0.05) is 36.5 Å². The number of para-hydroxylation sites is 1. The summed E-state index contributed by atoms with van der Waals surface area (Å²) in [5.41, 5.74) is 3.17. The number of aromatic nitrogens is 1. The number of piperidine rings is 1. The van der Waals surface area contributed by atoms with Crippen LogP contribution in [-0.4, -0.2) is 46.0 Å². The Hall–Kier alpha value is -3.03. The molecule has 35 heavy (non-hydrogen) atoms. The van der Waals surface area contributed by atoms with E-state index in [4.69, 9.17) is 0 Å². The molecule has 0 aliphatic carbocycles. The number of carbonyl (C=O) groups is 2. The maximum absolute atomic E-state index is 12.9. The zero-order chi connectivity index (χ0) is 25.0. The lowest BCUT2D eigenvalue weighted by Crippen LogP contribution is -2.44. The first kappa shape index (κ1) is 25.1. The third-order valence-electron chi connectivity index (χ3n) is 6.45. The summed E-state index contributed by atoms with van der Waals surface area (Å²) in [6.45, 7) is 7.52. The van der Waals surface area contributed by atoms with Crippen molar-refractivity contribution in [3.8, 4) is 0 Å². The maximum atomic E-state index is 12.9. The van der Waals surface area contributed by atoms with Crippen LogP contribution in [0.3, 0.4) is 0 Å². The highest BCUT2D eigenvalue weighted by molar-refractivity contribution is 7.10. The molecule has 1 aliphatic heterocycles. The molecule has 0 saturated carbocycles. The molecule has 1 fully saturated rings. The molecule has 1 saturated heterocycles. The normalized spacial score (nSPS) is 15.6. The van der Waals surface area contributed by atoms with Gasteiger partial charge in [0.1, 0.15) is 11.8 Å². The van der Waals surface area contributed by atoms with Gasteiger partial charge in [0.25, 0.3) is 11.8 Å². The van der Waals surface area contributed by atoms with E-state index in [1.165, 1.54) is 11.3 Å². The SMILES string of the molecule is CC(C)(C)c1ccccc1NC(=O)c1csc(C2CCN(C(=O)[C@H](O)Cc3ccccc3)CC2)n1. The van der Waals surface area contributed by atoms with Gasteiger partial charge in [0.05, 0.1) is 5.01 Å². The number of aliphatic hydroxyl groups excluding tert-OH is 1. The van der Waals surface area contributed by atoms with Gasteiger partial charge in [-0.3, -0.25) is 9.59 Å². The monoisotopic (exact) mass is 491 g/mol. The molecule has 2 heterocycles. The van der Waals surface area contributed by atoms with Gasteiger partial charge in [-0.05, 0) is 35.4 Å². The molecule has 4 rings (SSSR count). The number of nitrogens with zero attached hydrogens (tertiary/aromatic N) is 2. The van der Waals surface area contributed by atoms with Crippen LogP contribution in [0, 0.1) is 0 Å². The van der Waals surface area contributed by atoms with E-state index in [2.05, 4.69) is 31.1 Å². The number of carbonyl (C=O) groups excluding carboxylic acids is 2. The Morgan fingerprint density at radius 1 is 1.09 bits per heavy atom. The first-order chi connectivity index (χ1) is 16.7. The molecule has 0 radical (unpaired) electrons. The van der Waals surface area contributed by atoms with Crippen LogP contribution < -0.4 is 5.32 Å². The average molecular weight is 492 g/mol. The van der Waals surface area contributed by atoms with Crippen molar-refractivity contribution in [1.82, 2.24) is 9.88 Å². The van der Waals surface area contributed by atoms with Gasteiger partial charge >= 0.3 is 0 Å². The van der Waals surface area contributed by atoms with Crippen molar-refractivity contribution in [2.45, 2.75) is 57.5 Å². The Balaban J connectivity index is 1.33. The molecule has 0 bridgehead atoms. The standard InChI is InChI=1S/C28H33N3O3S/c1-28(2,3)21-11-7-8-12-22(21)29-25(33)23-18-35-26(30-23)20-13-15-31(16-14-20)27(34)24(32)17-19-9-5-4-6-10-19/h4-12,18,20,24,32H,13-17H2,1-3H3,(H,29,33)/t24-/m1/s1. The van der Waals surface area contributed by atoms with Crippen molar-refractivity contribution >= 4 is 28.8 Å². The number of anilines is 1. The summed E-state index contributed by atoms with van der Waals surface area (Å²) in [5.74, 6) is -0.219. The van der Waals surface area contributed by atoms with Crippen molar-refractivity contribution in [1.29, 1.82) is 0 Å². The summed E-state index contributed by atoms with van der Waals surface area (Å²) in [6.07, 6.45) is 0.833. The number of hydrogen-bond donors (Lipinski definition) is 2. The lowest BCUT2D eigenvalue weighted by Gasteiger charge is -2.32. The van der Waals surface area contributed by atoms with Crippen LogP contribution in [0.5, 0.6) is 0 Å². The molecule has 1 aromatic heterocycles. The third-order valence-corrected chi connectivity index (χ3v) is 7.46. The lowest BCUT2D eigenvalue weighted by molar-refractivity contribution is -0.141. The number of nitrogens with one attached hydrogen (secondary N) is 1. The second-order valence-electron chi connectivity index (χ2n) is 10.1. The molecule has 1 aliphatic rings. The smallest absolute Gasteiger partial charge is 0.275 e. The van der Waals surface area contributed by atoms with E-state index in [1.807, 2.05) is 60.0 Å². The van der Waals surface area contributed by atoms with Gasteiger partial charge in [-0.25, -0.2) is 4.98 Å². The van der Waals surface area contributed by atoms with Gasteiger partial charge < -0.3 is 15.3 Å². The molecule has 7 heteroatoms. The van der Waals surface area contributed by atoms with Crippen LogP contribution >= 0.6 is 11.3 Å². The summed E-state index contributed by atoms with van der Waals surface area (Å²) in [6, 6.07) is 17.4. The molecule has 6 nitrogen and oxygen atoms in total. The summed E-state index contributed by atoms with van der Waals surface area (Å²) >= 11 is 1.50. The van der Waals surface area contributed by atoms with E-state index < -0.39 is 6.10 Å². The molecular formula is C28H33N3O3S. The zero-order valence-corrected chi connectivity index (χ0v) is 21.3. The van der Waals surface area contributed by atoms with Crippen molar-refractivity contribution in [2.75, 3.05) is 18.4 Å². The summed E-state index contributed by atoms with van der Waals surface area (Å²) in [7, 11) is 0. The highest BCUT2D eigenvalue weighted by Crippen LogP contribution is 2.32. The van der Waals surface area contributed by atoms with Gasteiger partial charge in [-0.15, -0.1) is 11.3 Å². The van der Waals surface area contributed by atoms with Crippen LogP contribution in [0.15, 0.2) is 60.0 Å². The van der Waals surface area contributed by atoms with Crippen molar-refractivity contribution in [3.63, 3.8) is 0 Å². The number of amides is 2. The fraction of sp³-hybridized carbons (Fsp3) is 0.393. The van der Waals surface area contributed by atoms with Crippen molar-refractivity contribution < 1.29 is 14.7 Å². The molecule has 0 spiro atoms. The summed E-state index contributed by atoms with van der Waals surface area (Å²) in [5, 5.41) is 16.2. The van der Waals surface area contributed by atoms with Crippen LogP contribution in [0.25, 0.3) is 0 Å². The molecular weight excluding hydrogens is 458 g/mol. The van der Waals surface area contributed by atoms with E-state index in [-0.39, 0.29) is 23.1 Å². The number of aliphatic hydroxyl groups is 1. The van der Waals surface area contributed by atoms with Gasteiger partial charge in [-0.2, -0.15) is 0 Å². The van der Waals surface area contributed by atoms with Crippen LogP contribution in [-0.2, 0) is 16.6 Å². The number of rotatable bonds is 6. The fourth-order valence-corrected chi connectivity index (χ4v) is 5.47. The molecule has 1 atom stereocenters. The largest absolute Gasteiger partial charge is 0.383 e. The minimum absolute atomic E-state index is 0.0861. The molecule has 184 valence electrons. The minimum atomic E-state index is -1.03. The average Bonchev–Trinajstić information content (AvgIpc) is 3.34. The number of thiazole rings is 1. The number of hydrogen-bond acceptors (Lipinski definition) is 5. The van der Waals surface area contributed by atoms with E-state index in [0.717, 1.165) is 34.7 Å². The zero-order valence-electron chi connectivity index (χ0n) is 20.5. The molecule has 2 N–H and O–H groups in total. The predicted octanol–water partition coefficient (Wildman–Crippen LogP) is 5.00. The predicted molar refractivity (Wildman–Crippen MR) is 140 cm³/mol. The van der Waals surface area contributed by atoms with Crippen molar-refractivity contribution in [3.05, 3.63) is 81.8 Å². The molecule has 2 aromatic carbocycles. The van der Waals surface area contributed by atoms with E-state index >= 15 is 0 Å². The maximum Gasteiger partial charge on any atom is 0.275 e. The topological polar surface area (TPSA) is 82.5 Å². The third kappa shape index (κ3) is 6.16. The molecule has 3 aromatic rings. The number of benzene rings is 2. The Bertz CT molecular complexity index is 1160. The fourth-order valence-electron chi connectivity index (χ4n) is 4.49. The van der Waals surface area contributed by atoms with Crippen LogP contribution in [0.2, 0.25) is 0 Å². The quantitative estimate of drug-likeness (QED) is 0.508. The second kappa shape index (κ2) is 10.7. The first-order valence-electron chi connectivity index (χ1n) is 12.1. The molecule has 0 unspecified atom stereocenters. The molecule has 2 amide bonds. The van der Waals surface area contributed by atoms with Crippen LogP contribution in [0.4, 0.5) is 5.69 Å². The Kier molecular flexibility index (Phi) is 7.67. The van der Waals surface area contributed by atoms with Crippen molar-refractivity contribution in [2.24, 2.45) is 0 Å². The van der Waals surface area contributed by atoms with E-state index in [9.17, 15) is 14.7 Å². The second-order valence-corrected chi connectivity index (χ2v) is 11.0. The van der Waals surface area contributed by atoms with Crippen LogP contribution in [0.1, 0.15) is 66.2 Å². The van der Waals surface area contributed by atoms with Gasteiger partial charge in [-0.1, -0.05) is 69.3 Å². The first-order valence-corrected chi connectivity index (χ1v) is 13.0. The highest BCUT2D eigenvalue weighted by atomic mass is 32.1. The Labute approximate surface area is 211 Å². The Morgan fingerprint density at radius 2 is 1.74 bits per heavy atom. The lowest BCUT2D eigenvalue weighted by atomic mass is 9.86. The number of likely N-dealkylation sites (tertiary alicyclic amines) is 1. The summed E-state index contributed by atoms with van der Waals surface area (Å²) < 4.78 is 0.